The van der Waals surface area contributed by atoms with Gasteiger partial charge in [-0.05, 0) is 50.3 Å². The van der Waals surface area contributed by atoms with E-state index in [0.717, 1.165) is 41.7 Å². The molecular weight excluding hydrogens is 336 g/mol. The van der Waals surface area contributed by atoms with Crippen LogP contribution in [0.15, 0.2) is 33.6 Å². The van der Waals surface area contributed by atoms with E-state index in [9.17, 15) is 4.79 Å². The van der Waals surface area contributed by atoms with Gasteiger partial charge < -0.3 is 4.74 Å². The number of ether oxygens (including phenoxy) is 1. The molecule has 2 fully saturated rings. The lowest BCUT2D eigenvalue weighted by molar-refractivity contribution is -0.154. The Balaban J connectivity index is 1.54. The summed E-state index contributed by atoms with van der Waals surface area (Å²) in [6.07, 6.45) is 5.41. The molecule has 1 aromatic carbocycles. The van der Waals surface area contributed by atoms with Gasteiger partial charge in [-0.3, -0.25) is 4.79 Å². The molecular formula is C16H19BrO2S. The normalized spacial score (nSPS) is 24.4. The van der Waals surface area contributed by atoms with Crippen molar-refractivity contribution in [2.45, 2.75) is 42.6 Å². The van der Waals surface area contributed by atoms with E-state index in [1.807, 2.05) is 12.1 Å². The fourth-order valence-corrected chi connectivity index (χ4v) is 4.53. The minimum atomic E-state index is 0.0685. The Labute approximate surface area is 132 Å². The number of carbonyl (C=O) groups is 1. The zero-order valence-corrected chi connectivity index (χ0v) is 13.8. The topological polar surface area (TPSA) is 26.3 Å². The number of hydrogen-bond donors (Lipinski definition) is 0. The van der Waals surface area contributed by atoms with E-state index >= 15 is 0 Å². The molecule has 1 aliphatic heterocycles. The first-order valence-electron chi connectivity index (χ1n) is 7.22. The molecule has 4 heteroatoms. The van der Waals surface area contributed by atoms with Gasteiger partial charge in [0.15, 0.2) is 0 Å². The molecule has 0 aromatic heterocycles. The summed E-state index contributed by atoms with van der Waals surface area (Å²) >= 11 is 5.10. The van der Waals surface area contributed by atoms with Crippen molar-refractivity contribution in [3.63, 3.8) is 0 Å². The summed E-state index contributed by atoms with van der Waals surface area (Å²) in [4.78, 5) is 13.5. The number of thioether (sulfide) groups is 1. The quantitative estimate of drug-likeness (QED) is 0.746. The van der Waals surface area contributed by atoms with Gasteiger partial charge in [-0.2, -0.15) is 0 Å². The van der Waals surface area contributed by atoms with E-state index in [-0.39, 0.29) is 11.5 Å². The number of benzene rings is 1. The summed E-state index contributed by atoms with van der Waals surface area (Å²) in [5.41, 5.74) is 0.0685. The summed E-state index contributed by atoms with van der Waals surface area (Å²) in [6.45, 7) is 0.762. The van der Waals surface area contributed by atoms with Gasteiger partial charge in [-0.15, -0.1) is 11.8 Å². The summed E-state index contributed by atoms with van der Waals surface area (Å²) < 4.78 is 6.96. The van der Waals surface area contributed by atoms with Gasteiger partial charge in [0.1, 0.15) is 5.78 Å². The minimum Gasteiger partial charge on any atom is -0.375 e. The smallest absolute Gasteiger partial charge is 0.146 e. The third-order valence-electron chi connectivity index (χ3n) is 4.39. The monoisotopic (exact) mass is 354 g/mol. The van der Waals surface area contributed by atoms with Crippen LogP contribution in [-0.2, 0) is 9.53 Å². The van der Waals surface area contributed by atoms with Gasteiger partial charge in [-0.1, -0.05) is 22.0 Å². The van der Waals surface area contributed by atoms with Gasteiger partial charge in [0.05, 0.1) is 11.4 Å². The number of carbonyl (C=O) groups excluding carboxylic acids is 1. The first-order valence-corrected chi connectivity index (χ1v) is 9.00. The molecule has 1 aliphatic carbocycles. The molecule has 1 saturated carbocycles. The minimum absolute atomic E-state index is 0.0685. The van der Waals surface area contributed by atoms with Gasteiger partial charge in [0, 0.05) is 21.9 Å². The summed E-state index contributed by atoms with van der Waals surface area (Å²) in [5.74, 6) is 1.19. The molecule has 0 radical (unpaired) electrons. The highest BCUT2D eigenvalue weighted by Crippen LogP contribution is 2.44. The first kappa shape index (κ1) is 14.6. The van der Waals surface area contributed by atoms with Crippen molar-refractivity contribution in [2.75, 3.05) is 12.4 Å². The van der Waals surface area contributed by atoms with E-state index in [1.54, 1.807) is 11.8 Å². The third kappa shape index (κ3) is 3.29. The zero-order chi connectivity index (χ0) is 14.0. The average molecular weight is 355 g/mol. The fourth-order valence-electron chi connectivity index (χ4n) is 3.05. The highest BCUT2D eigenvalue weighted by atomic mass is 79.9. The predicted octanol–water partition coefficient (Wildman–Crippen LogP) is 4.46. The Hall–Kier alpha value is -0.320. The molecule has 1 aromatic rings. The van der Waals surface area contributed by atoms with Crippen molar-refractivity contribution in [1.82, 2.24) is 0 Å². The van der Waals surface area contributed by atoms with Crippen molar-refractivity contribution in [1.29, 1.82) is 0 Å². The Morgan fingerprint density at radius 2 is 2.30 bits per heavy atom. The molecule has 0 N–H and O–H groups in total. The Kier molecular flexibility index (Phi) is 4.53. The number of rotatable bonds is 4. The second-order valence-electron chi connectivity index (χ2n) is 5.79. The first-order chi connectivity index (χ1) is 9.67. The van der Waals surface area contributed by atoms with E-state index in [1.165, 1.54) is 6.42 Å². The number of Topliss-reactive ketones (excluding diaryl/α,β-unsaturated/α-hetero) is 1. The molecule has 1 unspecified atom stereocenters. The molecule has 1 heterocycles. The fraction of sp³-hybridized carbons (Fsp3) is 0.562. The highest BCUT2D eigenvalue weighted by Gasteiger charge is 2.44. The summed E-state index contributed by atoms with van der Waals surface area (Å²) in [7, 11) is 0. The Bertz CT molecular complexity index is 499. The van der Waals surface area contributed by atoms with Crippen LogP contribution in [0, 0.1) is 5.92 Å². The molecule has 2 aliphatic rings. The van der Waals surface area contributed by atoms with Crippen LogP contribution in [0.5, 0.6) is 0 Å². The van der Waals surface area contributed by atoms with Crippen molar-refractivity contribution < 1.29 is 9.53 Å². The zero-order valence-electron chi connectivity index (χ0n) is 11.4. The van der Waals surface area contributed by atoms with Gasteiger partial charge >= 0.3 is 0 Å². The van der Waals surface area contributed by atoms with Crippen molar-refractivity contribution in [3.05, 3.63) is 28.7 Å². The van der Waals surface area contributed by atoms with Gasteiger partial charge in [0.2, 0.25) is 0 Å². The standard InChI is InChI=1S/C16H19BrO2S/c17-13-3-1-4-14(9-13)20-11-15(18)12-5-8-19-16(10-12)6-2-7-16/h1,3-4,9,12H,2,5-8,10-11H2. The van der Waals surface area contributed by atoms with E-state index in [4.69, 9.17) is 4.74 Å². The van der Waals surface area contributed by atoms with Crippen molar-refractivity contribution >= 4 is 33.5 Å². The Morgan fingerprint density at radius 3 is 3.00 bits per heavy atom. The van der Waals surface area contributed by atoms with Gasteiger partial charge in [0.25, 0.3) is 0 Å². The lowest BCUT2D eigenvalue weighted by Gasteiger charge is -2.46. The Morgan fingerprint density at radius 1 is 1.45 bits per heavy atom. The maximum Gasteiger partial charge on any atom is 0.146 e. The second kappa shape index (κ2) is 6.20. The predicted molar refractivity (Wildman–Crippen MR) is 85.1 cm³/mol. The van der Waals surface area contributed by atoms with E-state index in [2.05, 4.69) is 28.1 Å². The second-order valence-corrected chi connectivity index (χ2v) is 7.75. The van der Waals surface area contributed by atoms with E-state index < -0.39 is 0 Å². The molecule has 1 atom stereocenters. The van der Waals surface area contributed by atoms with Crippen LogP contribution in [0.4, 0.5) is 0 Å². The number of ketones is 1. The van der Waals surface area contributed by atoms with Crippen LogP contribution >= 0.6 is 27.7 Å². The van der Waals surface area contributed by atoms with Crippen LogP contribution in [0.1, 0.15) is 32.1 Å². The van der Waals surface area contributed by atoms with Crippen LogP contribution in [0.3, 0.4) is 0 Å². The highest BCUT2D eigenvalue weighted by molar-refractivity contribution is 9.10. The summed E-state index contributed by atoms with van der Waals surface area (Å²) in [6, 6.07) is 8.13. The number of hydrogen-bond acceptors (Lipinski definition) is 3. The van der Waals surface area contributed by atoms with Crippen LogP contribution < -0.4 is 0 Å². The maximum absolute atomic E-state index is 12.4. The van der Waals surface area contributed by atoms with Gasteiger partial charge in [-0.25, -0.2) is 0 Å². The SMILES string of the molecule is O=C(CSc1cccc(Br)c1)C1CCOC2(CCC2)C1. The molecule has 0 amide bonds. The van der Waals surface area contributed by atoms with Crippen molar-refractivity contribution in [3.8, 4) is 0 Å². The molecule has 1 spiro atoms. The van der Waals surface area contributed by atoms with Crippen LogP contribution in [-0.4, -0.2) is 23.7 Å². The molecule has 108 valence electrons. The summed E-state index contributed by atoms with van der Waals surface area (Å²) in [5, 5.41) is 0. The molecule has 0 bridgehead atoms. The molecule has 3 rings (SSSR count). The largest absolute Gasteiger partial charge is 0.375 e. The molecule has 20 heavy (non-hydrogen) atoms. The third-order valence-corrected chi connectivity index (χ3v) is 5.90. The average Bonchev–Trinajstić information content (AvgIpc) is 2.43. The lowest BCUT2D eigenvalue weighted by Crippen LogP contribution is -2.47. The van der Waals surface area contributed by atoms with E-state index in [0.29, 0.717) is 11.5 Å². The van der Waals surface area contributed by atoms with Crippen molar-refractivity contribution in [2.24, 2.45) is 5.92 Å². The van der Waals surface area contributed by atoms with Crippen LogP contribution in [0.2, 0.25) is 0 Å². The molecule has 1 saturated heterocycles. The molecule has 2 nitrogen and oxygen atoms in total. The maximum atomic E-state index is 12.4. The lowest BCUT2D eigenvalue weighted by atomic mass is 9.71. The number of halogens is 1. The van der Waals surface area contributed by atoms with Crippen LogP contribution in [0.25, 0.3) is 0 Å².